The van der Waals surface area contributed by atoms with Crippen molar-refractivity contribution in [1.29, 1.82) is 0 Å². The minimum atomic E-state index is -0.563. The van der Waals surface area contributed by atoms with Crippen LogP contribution in [0.3, 0.4) is 0 Å². The number of fused-ring (bicyclic) bond motifs is 5. The molecule has 0 bridgehead atoms. The quantitative estimate of drug-likeness (QED) is 0.172. The second-order valence-corrected chi connectivity index (χ2v) is 14.5. The van der Waals surface area contributed by atoms with Gasteiger partial charge in [-0.3, -0.25) is 0 Å². The van der Waals surface area contributed by atoms with Crippen LogP contribution < -0.4 is 0 Å². The molecule has 0 aliphatic carbocycles. The van der Waals surface area contributed by atoms with Crippen LogP contribution >= 0.6 is 0 Å². The van der Waals surface area contributed by atoms with Gasteiger partial charge in [-0.1, -0.05) is 194 Å². The van der Waals surface area contributed by atoms with Crippen LogP contribution in [0, 0.1) is 0 Å². The lowest BCUT2D eigenvalue weighted by atomic mass is 9.63. The summed E-state index contributed by atoms with van der Waals surface area (Å²) in [4.78, 5) is 10.3. The first-order valence-corrected chi connectivity index (χ1v) is 19.2. The molecule has 3 heteroatoms. The normalized spacial score (nSPS) is 14.5. The Bertz CT molecular complexity index is 3040. The molecule has 8 aromatic carbocycles. The lowest BCUT2D eigenvalue weighted by Crippen LogP contribution is -2.35. The summed E-state index contributed by atoms with van der Waals surface area (Å²) in [5, 5.41) is 2.53. The van der Waals surface area contributed by atoms with Gasteiger partial charge < -0.3 is 4.57 Å². The van der Waals surface area contributed by atoms with Gasteiger partial charge in [0.1, 0.15) is 0 Å². The van der Waals surface area contributed by atoms with Crippen molar-refractivity contribution in [2.45, 2.75) is 5.41 Å². The molecule has 1 atom stereocenters. The Labute approximate surface area is 325 Å². The van der Waals surface area contributed by atoms with Gasteiger partial charge in [0.2, 0.25) is 0 Å². The Morgan fingerprint density at radius 1 is 0.357 bits per heavy atom. The zero-order valence-electron chi connectivity index (χ0n) is 30.5. The minimum absolute atomic E-state index is 0.563. The number of hydrogen-bond donors (Lipinski definition) is 0. The van der Waals surface area contributed by atoms with Crippen molar-refractivity contribution in [2.75, 3.05) is 0 Å². The average Bonchev–Trinajstić information content (AvgIpc) is 3.63. The van der Waals surface area contributed by atoms with Gasteiger partial charge >= 0.3 is 0 Å². The lowest BCUT2D eigenvalue weighted by Gasteiger charge is -2.41. The van der Waals surface area contributed by atoms with Gasteiger partial charge in [0.15, 0.2) is 5.82 Å². The third kappa shape index (κ3) is 4.91. The Kier molecular flexibility index (Phi) is 7.39. The molecule has 11 rings (SSSR count). The van der Waals surface area contributed by atoms with Crippen LogP contribution in [0.4, 0.5) is 0 Å². The van der Waals surface area contributed by atoms with Crippen molar-refractivity contribution >= 4 is 21.8 Å². The van der Waals surface area contributed by atoms with E-state index in [1.807, 2.05) is 24.3 Å². The fourth-order valence-corrected chi connectivity index (χ4v) is 8.99. The minimum Gasteiger partial charge on any atom is -0.309 e. The molecule has 3 nitrogen and oxygen atoms in total. The number of rotatable bonds is 6. The van der Waals surface area contributed by atoms with Crippen molar-refractivity contribution in [3.05, 3.63) is 235 Å². The SMILES string of the molecule is c1ccc(-c2ccc(-c3cc(-c4ccc(C5(c6ccccc6)c6ccccc6-n6c7ccccc7c7cccc5c76)cc4)nc(-c4ccccc4)n3)cc2)cc1. The van der Waals surface area contributed by atoms with Crippen LogP contribution in [-0.4, -0.2) is 14.5 Å². The number of para-hydroxylation sites is 3. The largest absolute Gasteiger partial charge is 0.309 e. The Morgan fingerprint density at radius 3 is 1.57 bits per heavy atom. The first kappa shape index (κ1) is 32.1. The molecule has 0 amide bonds. The summed E-state index contributed by atoms with van der Waals surface area (Å²) in [6, 6.07) is 76.3. The molecule has 1 unspecified atom stereocenters. The molecule has 3 heterocycles. The summed E-state index contributed by atoms with van der Waals surface area (Å²) in [5.74, 6) is 0.704. The van der Waals surface area contributed by atoms with E-state index in [0.717, 1.165) is 28.1 Å². The number of nitrogens with zero attached hydrogens (tertiary/aromatic N) is 3. The smallest absolute Gasteiger partial charge is 0.160 e. The van der Waals surface area contributed by atoms with Gasteiger partial charge in [0.05, 0.1) is 33.5 Å². The monoisotopic (exact) mass is 713 g/mol. The van der Waals surface area contributed by atoms with Gasteiger partial charge in [-0.05, 0) is 51.6 Å². The van der Waals surface area contributed by atoms with E-state index in [0.29, 0.717) is 5.82 Å². The van der Waals surface area contributed by atoms with Gasteiger partial charge in [-0.25, -0.2) is 9.97 Å². The highest BCUT2D eigenvalue weighted by atomic mass is 15.0. The molecule has 0 saturated heterocycles. The van der Waals surface area contributed by atoms with E-state index in [2.05, 4.69) is 193 Å². The van der Waals surface area contributed by atoms with E-state index < -0.39 is 5.41 Å². The molecule has 0 fully saturated rings. The fraction of sp³-hybridized carbons (Fsp3) is 0.0189. The average molecular weight is 714 g/mol. The molecule has 0 radical (unpaired) electrons. The van der Waals surface area contributed by atoms with Crippen LogP contribution in [0.2, 0.25) is 0 Å². The van der Waals surface area contributed by atoms with Gasteiger partial charge in [-0.15, -0.1) is 0 Å². The van der Waals surface area contributed by atoms with E-state index in [4.69, 9.17) is 9.97 Å². The molecule has 1 aliphatic rings. The van der Waals surface area contributed by atoms with Crippen LogP contribution in [0.1, 0.15) is 22.3 Å². The van der Waals surface area contributed by atoms with E-state index in [1.54, 1.807) is 0 Å². The maximum Gasteiger partial charge on any atom is 0.160 e. The maximum atomic E-state index is 5.19. The molecule has 0 saturated carbocycles. The summed E-state index contributed by atoms with van der Waals surface area (Å²) in [7, 11) is 0. The Hall–Kier alpha value is -7.36. The molecule has 1 aliphatic heterocycles. The zero-order chi connectivity index (χ0) is 37.1. The lowest BCUT2D eigenvalue weighted by molar-refractivity contribution is 0.728. The fourth-order valence-electron chi connectivity index (χ4n) is 8.99. The van der Waals surface area contributed by atoms with E-state index >= 15 is 0 Å². The third-order valence-corrected chi connectivity index (χ3v) is 11.5. The van der Waals surface area contributed by atoms with Crippen molar-refractivity contribution in [3.8, 4) is 50.7 Å². The summed E-state index contributed by atoms with van der Waals surface area (Å²) < 4.78 is 2.48. The highest BCUT2D eigenvalue weighted by Gasteiger charge is 2.45. The molecule has 10 aromatic rings. The predicted molar refractivity (Wildman–Crippen MR) is 230 cm³/mol. The number of aromatic nitrogens is 3. The Morgan fingerprint density at radius 2 is 0.857 bits per heavy atom. The summed E-state index contributed by atoms with van der Waals surface area (Å²) >= 11 is 0. The zero-order valence-corrected chi connectivity index (χ0v) is 30.5. The van der Waals surface area contributed by atoms with Crippen LogP contribution in [0.15, 0.2) is 212 Å². The Balaban J connectivity index is 1.10. The van der Waals surface area contributed by atoms with E-state index in [-0.39, 0.29) is 0 Å². The third-order valence-electron chi connectivity index (χ3n) is 11.5. The van der Waals surface area contributed by atoms with Gasteiger partial charge in [-0.2, -0.15) is 0 Å². The van der Waals surface area contributed by atoms with Crippen molar-refractivity contribution < 1.29 is 0 Å². The topological polar surface area (TPSA) is 30.7 Å². The molecular formula is C53H35N3. The maximum absolute atomic E-state index is 5.19. The van der Waals surface area contributed by atoms with E-state index in [1.165, 1.54) is 60.9 Å². The van der Waals surface area contributed by atoms with Crippen LogP contribution in [-0.2, 0) is 5.41 Å². The second kappa shape index (κ2) is 12.9. The first-order valence-electron chi connectivity index (χ1n) is 19.2. The number of benzene rings is 8. The standard InChI is InChI=1S/C53H35N3/c1-4-15-36(16-5-1)37-27-29-38(30-28-37)47-35-48(55-52(54-47)40-17-6-2-7-18-40)39-31-33-42(34-32-39)53(41-19-8-3-9-20-41)45-23-11-13-26-50(45)56-49-25-12-10-21-43(49)44-22-14-24-46(53)51(44)56/h1-35H. The molecule has 0 spiro atoms. The van der Waals surface area contributed by atoms with Gasteiger partial charge in [0, 0.05) is 27.5 Å². The van der Waals surface area contributed by atoms with Crippen molar-refractivity contribution in [3.63, 3.8) is 0 Å². The summed E-state index contributed by atoms with van der Waals surface area (Å²) in [6.45, 7) is 0. The predicted octanol–water partition coefficient (Wildman–Crippen LogP) is 12.9. The molecule has 2 aromatic heterocycles. The van der Waals surface area contributed by atoms with Crippen LogP contribution in [0.5, 0.6) is 0 Å². The van der Waals surface area contributed by atoms with Crippen LogP contribution in [0.25, 0.3) is 72.5 Å². The second-order valence-electron chi connectivity index (χ2n) is 14.5. The molecule has 262 valence electrons. The highest BCUT2D eigenvalue weighted by Crippen LogP contribution is 2.54. The summed E-state index contributed by atoms with van der Waals surface area (Å²) in [5.41, 5.74) is 15.3. The molecular weight excluding hydrogens is 679 g/mol. The van der Waals surface area contributed by atoms with Crippen molar-refractivity contribution in [1.82, 2.24) is 14.5 Å². The summed E-state index contributed by atoms with van der Waals surface area (Å²) in [6.07, 6.45) is 0. The van der Waals surface area contributed by atoms with Crippen molar-refractivity contribution in [2.24, 2.45) is 0 Å². The highest BCUT2D eigenvalue weighted by molar-refractivity contribution is 6.12. The van der Waals surface area contributed by atoms with E-state index in [9.17, 15) is 0 Å². The molecule has 56 heavy (non-hydrogen) atoms. The molecule has 0 N–H and O–H groups in total. The number of hydrogen-bond acceptors (Lipinski definition) is 2. The first-order chi connectivity index (χ1) is 27.8. The van der Waals surface area contributed by atoms with Gasteiger partial charge in [0.25, 0.3) is 0 Å².